The molecule has 4 heteroatoms. The van der Waals surface area contributed by atoms with Gasteiger partial charge in [0.2, 0.25) is 6.75 Å². The maximum atomic E-state index is 11.8. The average molecular weight is 222 g/mol. The van der Waals surface area contributed by atoms with Gasteiger partial charge in [0.25, 0.3) is 0 Å². The highest BCUT2D eigenvalue weighted by Gasteiger charge is 2.52. The average Bonchev–Trinajstić information content (AvgIpc) is 3.05. The SMILES string of the molecule is [2H]C1([2H])Oc2ccc(C3(C(=O)OC)CC3)cc2O1. The lowest BCUT2D eigenvalue weighted by Crippen LogP contribution is -2.21. The van der Waals surface area contributed by atoms with Crippen LogP contribution < -0.4 is 9.47 Å². The Bertz CT molecular complexity index is 523. The van der Waals surface area contributed by atoms with Gasteiger partial charge in [0, 0.05) is 0 Å². The molecule has 0 bridgehead atoms. The summed E-state index contributed by atoms with van der Waals surface area (Å²) in [4.78, 5) is 11.8. The van der Waals surface area contributed by atoms with Crippen LogP contribution in [0.1, 0.15) is 21.1 Å². The van der Waals surface area contributed by atoms with Gasteiger partial charge in [0.15, 0.2) is 11.5 Å². The number of fused-ring (bicyclic) bond motifs is 1. The van der Waals surface area contributed by atoms with E-state index in [0.29, 0.717) is 11.5 Å². The Morgan fingerprint density at radius 1 is 1.44 bits per heavy atom. The lowest BCUT2D eigenvalue weighted by Gasteiger charge is -2.13. The first kappa shape index (κ1) is 7.54. The first-order valence-corrected chi connectivity index (χ1v) is 5.08. The standard InChI is InChI=1S/C12H12O4/c1-14-11(13)12(4-5-12)8-2-3-9-10(6-8)16-7-15-9/h2-3,6H,4-5,7H2,1H3/i7D2. The predicted molar refractivity (Wildman–Crippen MR) is 55.5 cm³/mol. The van der Waals surface area contributed by atoms with E-state index in [9.17, 15) is 4.79 Å². The monoisotopic (exact) mass is 222 g/mol. The van der Waals surface area contributed by atoms with Gasteiger partial charge in [-0.2, -0.15) is 0 Å². The van der Waals surface area contributed by atoms with Crippen molar-refractivity contribution >= 4 is 5.97 Å². The highest BCUT2D eigenvalue weighted by Crippen LogP contribution is 2.51. The summed E-state index contributed by atoms with van der Waals surface area (Å²) in [5.41, 5.74) is 0.206. The quantitative estimate of drug-likeness (QED) is 0.713. The second kappa shape index (κ2) is 3.14. The fourth-order valence-electron chi connectivity index (χ4n) is 2.01. The molecule has 0 unspecified atom stereocenters. The largest absolute Gasteiger partial charge is 0.468 e. The smallest absolute Gasteiger partial charge is 0.316 e. The van der Waals surface area contributed by atoms with Crippen LogP contribution in [0.2, 0.25) is 0 Å². The van der Waals surface area contributed by atoms with Crippen LogP contribution in [0.3, 0.4) is 0 Å². The minimum atomic E-state index is -2.14. The summed E-state index contributed by atoms with van der Waals surface area (Å²) in [6, 6.07) is 5.04. The Kier molecular flexibility index (Phi) is 1.48. The first-order chi connectivity index (χ1) is 8.47. The second-order valence-electron chi connectivity index (χ2n) is 4.02. The van der Waals surface area contributed by atoms with Crippen LogP contribution in [0.15, 0.2) is 18.2 Å². The minimum Gasteiger partial charge on any atom is -0.468 e. The Morgan fingerprint density at radius 2 is 2.19 bits per heavy atom. The summed E-state index contributed by atoms with van der Waals surface area (Å²) >= 11 is 0. The number of carbonyl (C=O) groups is 1. The summed E-state index contributed by atoms with van der Waals surface area (Å²) in [5.74, 6) is 0.418. The molecule has 0 aromatic heterocycles. The molecule has 1 fully saturated rings. The third-order valence-corrected chi connectivity index (χ3v) is 3.13. The van der Waals surface area contributed by atoms with Gasteiger partial charge in [-0.25, -0.2) is 0 Å². The van der Waals surface area contributed by atoms with Crippen molar-refractivity contribution < 1.29 is 21.7 Å². The molecule has 0 amide bonds. The molecule has 4 nitrogen and oxygen atoms in total. The minimum absolute atomic E-state index is 0.260. The van der Waals surface area contributed by atoms with Crippen molar-refractivity contribution in [2.75, 3.05) is 13.9 Å². The van der Waals surface area contributed by atoms with Gasteiger partial charge in [-0.1, -0.05) is 6.07 Å². The van der Waals surface area contributed by atoms with Gasteiger partial charge in [-0.05, 0) is 30.5 Å². The van der Waals surface area contributed by atoms with Crippen LogP contribution in [0.5, 0.6) is 11.5 Å². The molecular formula is C12H12O4. The zero-order valence-electron chi connectivity index (χ0n) is 10.8. The molecule has 84 valence electrons. The molecule has 3 rings (SSSR count). The van der Waals surface area contributed by atoms with Crippen molar-refractivity contribution in [3.63, 3.8) is 0 Å². The van der Waals surface area contributed by atoms with Crippen LogP contribution in [0.4, 0.5) is 0 Å². The van der Waals surface area contributed by atoms with E-state index in [2.05, 4.69) is 0 Å². The van der Waals surface area contributed by atoms with Gasteiger partial charge in [-0.3, -0.25) is 4.79 Å². The molecule has 1 aliphatic carbocycles. The number of ether oxygens (including phenoxy) is 3. The molecule has 0 saturated heterocycles. The zero-order valence-corrected chi connectivity index (χ0v) is 8.78. The normalized spacial score (nSPS) is 24.3. The van der Waals surface area contributed by atoms with E-state index in [0.717, 1.165) is 18.4 Å². The Labute approximate surface area is 95.9 Å². The lowest BCUT2D eigenvalue weighted by molar-refractivity contribution is -0.143. The number of esters is 1. The maximum absolute atomic E-state index is 11.8. The van der Waals surface area contributed by atoms with E-state index in [1.165, 1.54) is 7.11 Å². The molecular weight excluding hydrogens is 208 g/mol. The van der Waals surface area contributed by atoms with Crippen molar-refractivity contribution in [3.05, 3.63) is 23.8 Å². The van der Waals surface area contributed by atoms with Gasteiger partial charge >= 0.3 is 5.97 Å². The third kappa shape index (κ3) is 1.19. The number of rotatable bonds is 2. The van der Waals surface area contributed by atoms with Crippen molar-refractivity contribution in [2.24, 2.45) is 0 Å². The molecule has 1 aromatic rings. The van der Waals surface area contributed by atoms with Crippen LogP contribution in [0.25, 0.3) is 0 Å². The molecule has 1 aromatic carbocycles. The summed E-state index contributed by atoms with van der Waals surface area (Å²) < 4.78 is 29.5. The fourth-order valence-corrected chi connectivity index (χ4v) is 2.01. The van der Waals surface area contributed by atoms with Gasteiger partial charge < -0.3 is 14.2 Å². The Hall–Kier alpha value is -1.71. The summed E-state index contributed by atoms with van der Waals surface area (Å²) in [5, 5.41) is 0. The topological polar surface area (TPSA) is 44.8 Å². The fraction of sp³-hybridized carbons (Fsp3) is 0.417. The zero-order chi connectivity index (χ0) is 13.0. The van der Waals surface area contributed by atoms with Crippen LogP contribution in [-0.2, 0) is 14.9 Å². The number of benzene rings is 1. The van der Waals surface area contributed by atoms with Gasteiger partial charge in [0.05, 0.1) is 12.5 Å². The first-order valence-electron chi connectivity index (χ1n) is 6.08. The predicted octanol–water partition coefficient (Wildman–Crippen LogP) is 1.62. The Balaban J connectivity index is 1.96. The summed E-state index contributed by atoms with van der Waals surface area (Å²) in [7, 11) is 1.37. The molecule has 0 spiro atoms. The van der Waals surface area contributed by atoms with E-state index >= 15 is 0 Å². The highest BCUT2D eigenvalue weighted by molar-refractivity contribution is 5.86. The van der Waals surface area contributed by atoms with Crippen molar-refractivity contribution in [1.29, 1.82) is 0 Å². The van der Waals surface area contributed by atoms with E-state index in [1.807, 2.05) is 0 Å². The molecule has 1 aliphatic heterocycles. The van der Waals surface area contributed by atoms with Crippen molar-refractivity contribution in [3.8, 4) is 11.5 Å². The molecule has 1 heterocycles. The van der Waals surface area contributed by atoms with Crippen LogP contribution >= 0.6 is 0 Å². The number of carbonyl (C=O) groups excluding carboxylic acids is 1. The second-order valence-corrected chi connectivity index (χ2v) is 4.02. The van der Waals surface area contributed by atoms with E-state index in [1.54, 1.807) is 18.2 Å². The number of methoxy groups -OCH3 is 1. The summed E-state index contributed by atoms with van der Waals surface area (Å²) in [6.07, 6.45) is 1.48. The molecule has 0 atom stereocenters. The third-order valence-electron chi connectivity index (χ3n) is 3.13. The lowest BCUT2D eigenvalue weighted by atomic mass is 9.96. The van der Waals surface area contributed by atoms with Crippen molar-refractivity contribution in [1.82, 2.24) is 0 Å². The van der Waals surface area contributed by atoms with E-state index < -0.39 is 12.2 Å². The molecule has 2 aliphatic rings. The number of hydrogen-bond donors (Lipinski definition) is 0. The maximum Gasteiger partial charge on any atom is 0.316 e. The van der Waals surface area contributed by atoms with Gasteiger partial charge in [-0.15, -0.1) is 0 Å². The molecule has 1 saturated carbocycles. The molecule has 16 heavy (non-hydrogen) atoms. The molecule has 0 N–H and O–H groups in total. The van der Waals surface area contributed by atoms with Crippen molar-refractivity contribution in [2.45, 2.75) is 18.3 Å². The number of hydrogen-bond acceptors (Lipinski definition) is 4. The van der Waals surface area contributed by atoms with E-state index in [-0.39, 0.29) is 5.97 Å². The molecule has 0 radical (unpaired) electrons. The van der Waals surface area contributed by atoms with Crippen LogP contribution in [0, 0.1) is 0 Å². The Morgan fingerprint density at radius 3 is 2.88 bits per heavy atom. The van der Waals surface area contributed by atoms with Crippen LogP contribution in [-0.4, -0.2) is 19.8 Å². The highest BCUT2D eigenvalue weighted by atomic mass is 16.7. The van der Waals surface area contributed by atoms with Gasteiger partial charge in [0.1, 0.15) is 2.74 Å². The summed E-state index contributed by atoms with van der Waals surface area (Å²) in [6.45, 7) is -2.14. The van der Waals surface area contributed by atoms with E-state index in [4.69, 9.17) is 17.0 Å².